The molecule has 1 rings (SSSR count). The van der Waals surface area contributed by atoms with Gasteiger partial charge in [0, 0.05) is 6.20 Å². The molecule has 0 atom stereocenters. The molecular weight excluding hydrogens is 170 g/mol. The quantitative estimate of drug-likeness (QED) is 0.593. The highest BCUT2D eigenvalue weighted by molar-refractivity contribution is 5.35. The molecule has 5 heteroatoms. The lowest BCUT2D eigenvalue weighted by Gasteiger charge is -2.26. The van der Waals surface area contributed by atoms with Crippen LogP contribution in [0.3, 0.4) is 0 Å². The Balaban J connectivity index is 2.68. The van der Waals surface area contributed by atoms with Gasteiger partial charge in [0.05, 0.1) is 18.8 Å². The van der Waals surface area contributed by atoms with Gasteiger partial charge < -0.3 is 15.5 Å². The van der Waals surface area contributed by atoms with E-state index < -0.39 is 5.54 Å². The van der Waals surface area contributed by atoms with Crippen molar-refractivity contribution >= 4 is 5.82 Å². The summed E-state index contributed by atoms with van der Waals surface area (Å²) in [4.78, 5) is 7.67. The summed E-state index contributed by atoms with van der Waals surface area (Å²) in [5.41, 5.74) is -0.742. The Kier molecular flexibility index (Phi) is 3.16. The van der Waals surface area contributed by atoms with Crippen LogP contribution in [0.4, 0.5) is 5.82 Å². The first-order valence-electron chi connectivity index (χ1n) is 3.96. The number of nitrogens with one attached hydrogen (secondary N) is 1. The minimum Gasteiger partial charge on any atom is -0.394 e. The number of aliphatic hydroxyl groups excluding tert-OH is 2. The molecular formula is C8H13N3O2. The van der Waals surface area contributed by atoms with E-state index in [0.29, 0.717) is 5.82 Å². The van der Waals surface area contributed by atoms with Crippen molar-refractivity contribution in [3.8, 4) is 0 Å². The first kappa shape index (κ1) is 9.88. The van der Waals surface area contributed by atoms with Gasteiger partial charge in [-0.25, -0.2) is 9.97 Å². The normalized spacial score (nSPS) is 11.3. The van der Waals surface area contributed by atoms with Crippen LogP contribution in [0.25, 0.3) is 0 Å². The van der Waals surface area contributed by atoms with Crippen LogP contribution in [-0.2, 0) is 0 Å². The van der Waals surface area contributed by atoms with Gasteiger partial charge in [-0.2, -0.15) is 0 Å². The number of rotatable bonds is 4. The highest BCUT2D eigenvalue weighted by Crippen LogP contribution is 2.10. The molecule has 0 aliphatic rings. The van der Waals surface area contributed by atoms with Gasteiger partial charge in [0.1, 0.15) is 12.1 Å². The Morgan fingerprint density at radius 3 is 2.62 bits per heavy atom. The smallest absolute Gasteiger partial charge is 0.129 e. The molecule has 72 valence electrons. The summed E-state index contributed by atoms with van der Waals surface area (Å²) >= 11 is 0. The van der Waals surface area contributed by atoms with Crippen molar-refractivity contribution < 1.29 is 10.2 Å². The van der Waals surface area contributed by atoms with Gasteiger partial charge in [0.15, 0.2) is 0 Å². The van der Waals surface area contributed by atoms with E-state index >= 15 is 0 Å². The third-order valence-electron chi connectivity index (χ3n) is 1.71. The van der Waals surface area contributed by atoms with Crippen molar-refractivity contribution in [2.45, 2.75) is 12.5 Å². The first-order valence-corrected chi connectivity index (χ1v) is 3.96. The maximum absolute atomic E-state index is 8.98. The molecule has 1 heterocycles. The molecule has 5 nitrogen and oxygen atoms in total. The van der Waals surface area contributed by atoms with Crippen LogP contribution in [0.1, 0.15) is 6.92 Å². The van der Waals surface area contributed by atoms with Gasteiger partial charge in [0.25, 0.3) is 0 Å². The van der Waals surface area contributed by atoms with Gasteiger partial charge in [-0.3, -0.25) is 0 Å². The number of aromatic nitrogens is 2. The van der Waals surface area contributed by atoms with Crippen molar-refractivity contribution in [1.29, 1.82) is 0 Å². The van der Waals surface area contributed by atoms with E-state index in [1.807, 2.05) is 0 Å². The van der Waals surface area contributed by atoms with E-state index in [9.17, 15) is 0 Å². The highest BCUT2D eigenvalue weighted by Gasteiger charge is 2.21. The van der Waals surface area contributed by atoms with Crippen molar-refractivity contribution in [2.75, 3.05) is 18.5 Å². The number of hydrogen-bond donors (Lipinski definition) is 3. The molecule has 0 fully saturated rings. The molecule has 13 heavy (non-hydrogen) atoms. The summed E-state index contributed by atoms with van der Waals surface area (Å²) in [5.74, 6) is 0.584. The highest BCUT2D eigenvalue weighted by atomic mass is 16.3. The fourth-order valence-electron chi connectivity index (χ4n) is 0.803. The third kappa shape index (κ3) is 2.64. The SMILES string of the molecule is CC(CO)(CO)Nc1ccncn1. The van der Waals surface area contributed by atoms with Gasteiger partial charge >= 0.3 is 0 Å². The molecule has 3 N–H and O–H groups in total. The number of anilines is 1. The topological polar surface area (TPSA) is 78.3 Å². The zero-order valence-electron chi connectivity index (χ0n) is 7.44. The Labute approximate surface area is 76.5 Å². The second-order valence-electron chi connectivity index (χ2n) is 3.10. The summed E-state index contributed by atoms with van der Waals surface area (Å²) < 4.78 is 0. The Morgan fingerprint density at radius 1 is 1.46 bits per heavy atom. The fourth-order valence-corrected chi connectivity index (χ4v) is 0.803. The minimum absolute atomic E-state index is 0.159. The maximum Gasteiger partial charge on any atom is 0.129 e. The summed E-state index contributed by atoms with van der Waals surface area (Å²) in [6.45, 7) is 1.39. The van der Waals surface area contributed by atoms with E-state index in [-0.39, 0.29) is 13.2 Å². The van der Waals surface area contributed by atoms with Crippen molar-refractivity contribution in [3.05, 3.63) is 18.6 Å². The molecule has 0 amide bonds. The van der Waals surface area contributed by atoms with Crippen molar-refractivity contribution in [3.63, 3.8) is 0 Å². The molecule has 0 bridgehead atoms. The molecule has 0 aliphatic carbocycles. The molecule has 1 aromatic heterocycles. The van der Waals surface area contributed by atoms with Crippen molar-refractivity contribution in [1.82, 2.24) is 9.97 Å². The molecule has 0 spiro atoms. The Bertz CT molecular complexity index is 249. The third-order valence-corrected chi connectivity index (χ3v) is 1.71. The van der Waals surface area contributed by atoms with Crippen LogP contribution in [0.15, 0.2) is 18.6 Å². The zero-order chi connectivity index (χ0) is 9.73. The minimum atomic E-state index is -0.742. The predicted octanol–water partition coefficient (Wildman–Crippen LogP) is -0.368. The summed E-state index contributed by atoms with van der Waals surface area (Å²) in [5, 5.41) is 20.9. The molecule has 0 saturated heterocycles. The molecule has 0 radical (unpaired) electrons. The fraction of sp³-hybridized carbons (Fsp3) is 0.500. The van der Waals surface area contributed by atoms with Crippen LogP contribution < -0.4 is 5.32 Å². The van der Waals surface area contributed by atoms with Crippen LogP contribution in [0.5, 0.6) is 0 Å². The summed E-state index contributed by atoms with van der Waals surface area (Å²) in [6.07, 6.45) is 2.99. The monoisotopic (exact) mass is 183 g/mol. The lowest BCUT2D eigenvalue weighted by molar-refractivity contribution is 0.147. The van der Waals surface area contributed by atoms with Crippen LogP contribution in [-0.4, -0.2) is 38.9 Å². The lowest BCUT2D eigenvalue weighted by Crippen LogP contribution is -2.42. The summed E-state index contributed by atoms with van der Waals surface area (Å²) in [7, 11) is 0. The largest absolute Gasteiger partial charge is 0.394 e. The average Bonchev–Trinajstić information content (AvgIpc) is 2.19. The molecule has 0 aromatic carbocycles. The first-order chi connectivity index (χ1) is 6.20. The molecule has 0 saturated carbocycles. The van der Waals surface area contributed by atoms with E-state index in [0.717, 1.165) is 0 Å². The van der Waals surface area contributed by atoms with Crippen LogP contribution in [0, 0.1) is 0 Å². The Morgan fingerprint density at radius 2 is 2.15 bits per heavy atom. The number of aliphatic hydroxyl groups is 2. The van der Waals surface area contributed by atoms with Gasteiger partial charge in [-0.05, 0) is 13.0 Å². The Hall–Kier alpha value is -1.20. The van der Waals surface area contributed by atoms with E-state index in [2.05, 4.69) is 15.3 Å². The van der Waals surface area contributed by atoms with Gasteiger partial charge in [-0.1, -0.05) is 0 Å². The van der Waals surface area contributed by atoms with Gasteiger partial charge in [-0.15, -0.1) is 0 Å². The number of hydrogen-bond acceptors (Lipinski definition) is 5. The second kappa shape index (κ2) is 4.15. The maximum atomic E-state index is 8.98. The van der Waals surface area contributed by atoms with E-state index in [1.165, 1.54) is 6.33 Å². The van der Waals surface area contributed by atoms with E-state index in [4.69, 9.17) is 10.2 Å². The molecule has 0 aliphatic heterocycles. The van der Waals surface area contributed by atoms with Crippen LogP contribution >= 0.6 is 0 Å². The standard InChI is InChI=1S/C8H13N3O2/c1-8(4-12,5-13)11-7-2-3-9-6-10-7/h2-3,6,12-13H,4-5H2,1H3,(H,9,10,11). The number of nitrogens with zero attached hydrogens (tertiary/aromatic N) is 2. The zero-order valence-corrected chi connectivity index (χ0v) is 7.44. The van der Waals surface area contributed by atoms with Crippen LogP contribution in [0.2, 0.25) is 0 Å². The second-order valence-corrected chi connectivity index (χ2v) is 3.10. The van der Waals surface area contributed by atoms with E-state index in [1.54, 1.807) is 19.2 Å². The van der Waals surface area contributed by atoms with Crippen molar-refractivity contribution in [2.24, 2.45) is 0 Å². The average molecular weight is 183 g/mol. The molecule has 1 aromatic rings. The predicted molar refractivity (Wildman–Crippen MR) is 48.2 cm³/mol. The molecule has 0 unspecified atom stereocenters. The summed E-state index contributed by atoms with van der Waals surface area (Å²) in [6, 6.07) is 1.67. The van der Waals surface area contributed by atoms with Gasteiger partial charge in [0.2, 0.25) is 0 Å². The lowest BCUT2D eigenvalue weighted by atomic mass is 10.1.